The molecule has 0 aliphatic heterocycles. The Balaban J connectivity index is 1.27. The number of H-pyrrole nitrogens is 1. The molecule has 0 spiro atoms. The third kappa shape index (κ3) is 8.22. The maximum atomic E-state index is 12.8. The van der Waals surface area contributed by atoms with E-state index in [9.17, 15) is 4.79 Å². The predicted octanol–water partition coefficient (Wildman–Crippen LogP) is 6.46. The maximum Gasteiger partial charge on any atom is 0.413 e. The molecule has 8 heteroatoms. The lowest BCUT2D eigenvalue weighted by atomic mass is 10.1. The number of hydrogen-bond acceptors (Lipinski definition) is 6. The molecule has 0 aliphatic carbocycles. The minimum Gasteiger partial charge on any atom is -0.497 e. The molecular formula is C34H34N4O4. The topological polar surface area (TPSA) is 88.7 Å². The molecule has 2 N–H and O–H groups in total. The molecule has 1 heterocycles. The summed E-state index contributed by atoms with van der Waals surface area (Å²) < 4.78 is 17.2. The van der Waals surface area contributed by atoms with Gasteiger partial charge in [-0.2, -0.15) is 5.10 Å². The number of rotatable bonds is 13. The van der Waals surface area contributed by atoms with Crippen molar-refractivity contribution in [1.29, 1.82) is 0 Å². The van der Waals surface area contributed by atoms with Crippen LogP contribution in [0.4, 0.5) is 4.79 Å². The Morgan fingerprint density at radius 3 is 2.19 bits per heavy atom. The standard InChI is InChI=1S/C34H34N4O4/c1-40-31-14-8-13-28(19-31)21-35-34(39)42-32-16-15-29(30-22-36-37-23-30)20-33(32)41-18-17-38(24-26-9-4-2-5-10-26)25-27-11-6-3-7-12-27/h2-16,19-20,22-23H,17-18,21,24-25H2,1H3,(H,35,39)(H,36,37). The van der Waals surface area contributed by atoms with Crippen molar-refractivity contribution in [1.82, 2.24) is 20.4 Å². The molecular weight excluding hydrogens is 528 g/mol. The molecule has 0 radical (unpaired) electrons. The van der Waals surface area contributed by atoms with Crippen molar-refractivity contribution in [2.75, 3.05) is 20.3 Å². The molecule has 1 aromatic heterocycles. The van der Waals surface area contributed by atoms with Crippen molar-refractivity contribution < 1.29 is 19.0 Å². The highest BCUT2D eigenvalue weighted by molar-refractivity contribution is 5.73. The van der Waals surface area contributed by atoms with Gasteiger partial charge in [0.15, 0.2) is 11.5 Å². The van der Waals surface area contributed by atoms with Crippen molar-refractivity contribution in [3.8, 4) is 28.4 Å². The van der Waals surface area contributed by atoms with Gasteiger partial charge in [0.1, 0.15) is 12.4 Å². The van der Waals surface area contributed by atoms with Crippen LogP contribution in [0.15, 0.2) is 116 Å². The highest BCUT2D eigenvalue weighted by atomic mass is 16.6. The van der Waals surface area contributed by atoms with Gasteiger partial charge in [0.2, 0.25) is 0 Å². The molecule has 1 amide bonds. The van der Waals surface area contributed by atoms with E-state index in [1.807, 2.05) is 54.7 Å². The fourth-order valence-electron chi connectivity index (χ4n) is 4.57. The molecule has 5 aromatic rings. The molecule has 5 rings (SSSR count). The van der Waals surface area contributed by atoms with E-state index in [-0.39, 0.29) is 0 Å². The molecule has 0 saturated heterocycles. The van der Waals surface area contributed by atoms with Gasteiger partial charge in [-0.05, 0) is 46.5 Å². The number of hydrogen-bond donors (Lipinski definition) is 2. The summed E-state index contributed by atoms with van der Waals surface area (Å²) in [6, 6.07) is 33.8. The van der Waals surface area contributed by atoms with Crippen molar-refractivity contribution in [3.05, 3.63) is 132 Å². The summed E-state index contributed by atoms with van der Waals surface area (Å²) in [6.07, 6.45) is 2.97. The summed E-state index contributed by atoms with van der Waals surface area (Å²) in [5.74, 6) is 1.54. The normalized spacial score (nSPS) is 10.8. The number of aromatic nitrogens is 2. The van der Waals surface area contributed by atoms with Gasteiger partial charge in [0.25, 0.3) is 0 Å². The smallest absolute Gasteiger partial charge is 0.413 e. The summed E-state index contributed by atoms with van der Waals surface area (Å²) in [5, 5.41) is 9.69. The number of ether oxygens (including phenoxy) is 3. The SMILES string of the molecule is COc1cccc(CNC(=O)Oc2ccc(-c3cn[nH]c3)cc2OCCN(Cc2ccccc2)Cc2ccccc2)c1. The van der Waals surface area contributed by atoms with Gasteiger partial charge in [-0.1, -0.05) is 78.9 Å². The molecule has 0 bridgehead atoms. The van der Waals surface area contributed by atoms with Crippen LogP contribution in [0, 0.1) is 0 Å². The van der Waals surface area contributed by atoms with Gasteiger partial charge in [0, 0.05) is 37.9 Å². The van der Waals surface area contributed by atoms with Crippen molar-refractivity contribution in [3.63, 3.8) is 0 Å². The average molecular weight is 563 g/mol. The van der Waals surface area contributed by atoms with Gasteiger partial charge >= 0.3 is 6.09 Å². The summed E-state index contributed by atoms with van der Waals surface area (Å²) in [7, 11) is 1.61. The fraction of sp³-hybridized carbons (Fsp3) is 0.176. The molecule has 0 atom stereocenters. The molecule has 0 fully saturated rings. The van der Waals surface area contributed by atoms with Crippen LogP contribution in [0.2, 0.25) is 0 Å². The van der Waals surface area contributed by atoms with Crippen LogP contribution >= 0.6 is 0 Å². The van der Waals surface area contributed by atoms with Crippen LogP contribution in [0.25, 0.3) is 11.1 Å². The van der Waals surface area contributed by atoms with E-state index in [0.29, 0.717) is 31.2 Å². The molecule has 42 heavy (non-hydrogen) atoms. The largest absolute Gasteiger partial charge is 0.497 e. The van der Waals surface area contributed by atoms with Crippen LogP contribution < -0.4 is 19.5 Å². The lowest BCUT2D eigenvalue weighted by molar-refractivity contribution is 0.184. The monoisotopic (exact) mass is 562 g/mol. The lowest BCUT2D eigenvalue weighted by Crippen LogP contribution is -2.28. The molecule has 4 aromatic carbocycles. The summed E-state index contributed by atoms with van der Waals surface area (Å²) >= 11 is 0. The highest BCUT2D eigenvalue weighted by Gasteiger charge is 2.15. The van der Waals surface area contributed by atoms with Crippen LogP contribution in [0.5, 0.6) is 17.2 Å². The first-order valence-corrected chi connectivity index (χ1v) is 13.8. The van der Waals surface area contributed by atoms with E-state index >= 15 is 0 Å². The second kappa shape index (κ2) is 14.5. The van der Waals surface area contributed by atoms with E-state index in [4.69, 9.17) is 14.2 Å². The number of benzene rings is 4. The first-order chi connectivity index (χ1) is 20.7. The average Bonchev–Trinajstić information content (AvgIpc) is 3.57. The quantitative estimate of drug-likeness (QED) is 0.171. The van der Waals surface area contributed by atoms with Crippen molar-refractivity contribution >= 4 is 6.09 Å². The Bertz CT molecular complexity index is 1500. The van der Waals surface area contributed by atoms with E-state index in [1.54, 1.807) is 19.4 Å². The van der Waals surface area contributed by atoms with Crippen LogP contribution in [-0.2, 0) is 19.6 Å². The van der Waals surface area contributed by atoms with Gasteiger partial charge in [0.05, 0.1) is 13.3 Å². The van der Waals surface area contributed by atoms with Crippen molar-refractivity contribution in [2.24, 2.45) is 0 Å². The van der Waals surface area contributed by atoms with Crippen LogP contribution in [-0.4, -0.2) is 41.5 Å². The van der Waals surface area contributed by atoms with E-state index in [1.165, 1.54) is 11.1 Å². The summed E-state index contributed by atoms with van der Waals surface area (Å²) in [5.41, 5.74) is 5.16. The van der Waals surface area contributed by atoms with Crippen molar-refractivity contribution in [2.45, 2.75) is 19.6 Å². The Hall–Kier alpha value is -5.08. The second-order valence-electron chi connectivity index (χ2n) is 9.77. The summed E-state index contributed by atoms with van der Waals surface area (Å²) in [6.45, 7) is 2.93. The molecule has 0 saturated carbocycles. The number of carbonyl (C=O) groups excluding carboxylic acids is 1. The third-order valence-corrected chi connectivity index (χ3v) is 6.71. The minimum atomic E-state index is -0.575. The Kier molecular flexibility index (Phi) is 9.84. The number of methoxy groups -OCH3 is 1. The second-order valence-corrected chi connectivity index (χ2v) is 9.77. The maximum absolute atomic E-state index is 12.8. The number of nitrogens with zero attached hydrogens (tertiary/aromatic N) is 2. The minimum absolute atomic E-state index is 0.299. The Morgan fingerprint density at radius 2 is 1.52 bits per heavy atom. The number of aromatic amines is 1. The highest BCUT2D eigenvalue weighted by Crippen LogP contribution is 2.33. The van der Waals surface area contributed by atoms with E-state index in [2.05, 4.69) is 68.9 Å². The zero-order chi connectivity index (χ0) is 29.0. The molecule has 0 aliphatic rings. The lowest BCUT2D eigenvalue weighted by Gasteiger charge is -2.23. The third-order valence-electron chi connectivity index (χ3n) is 6.71. The fourth-order valence-corrected chi connectivity index (χ4v) is 4.57. The van der Waals surface area contributed by atoms with Crippen LogP contribution in [0.3, 0.4) is 0 Å². The number of carbonyl (C=O) groups is 1. The number of nitrogens with one attached hydrogen (secondary N) is 2. The van der Waals surface area contributed by atoms with Gasteiger partial charge in [-0.15, -0.1) is 0 Å². The zero-order valence-corrected chi connectivity index (χ0v) is 23.5. The molecule has 0 unspecified atom stereocenters. The molecule has 8 nitrogen and oxygen atoms in total. The van der Waals surface area contributed by atoms with Gasteiger partial charge in [-0.3, -0.25) is 10.00 Å². The predicted molar refractivity (Wildman–Crippen MR) is 162 cm³/mol. The Labute approximate surface area is 245 Å². The first kappa shape index (κ1) is 28.4. The Morgan fingerprint density at radius 1 is 0.810 bits per heavy atom. The van der Waals surface area contributed by atoms with E-state index < -0.39 is 6.09 Å². The zero-order valence-electron chi connectivity index (χ0n) is 23.5. The van der Waals surface area contributed by atoms with Gasteiger partial charge < -0.3 is 19.5 Å². The van der Waals surface area contributed by atoms with Gasteiger partial charge in [-0.25, -0.2) is 4.79 Å². The van der Waals surface area contributed by atoms with Crippen LogP contribution in [0.1, 0.15) is 16.7 Å². The molecule has 214 valence electrons. The first-order valence-electron chi connectivity index (χ1n) is 13.8. The number of amides is 1. The summed E-state index contributed by atoms with van der Waals surface area (Å²) in [4.78, 5) is 15.1. The van der Waals surface area contributed by atoms with E-state index in [0.717, 1.165) is 35.5 Å².